The van der Waals surface area contributed by atoms with Gasteiger partial charge >= 0.3 is 0 Å². The van der Waals surface area contributed by atoms with E-state index >= 15 is 0 Å². The van der Waals surface area contributed by atoms with Crippen molar-refractivity contribution in [3.63, 3.8) is 0 Å². The van der Waals surface area contributed by atoms with Crippen LogP contribution in [0.5, 0.6) is 0 Å². The number of hydrogen-bond donors (Lipinski definition) is 0. The highest BCUT2D eigenvalue weighted by atomic mass is 79.9. The lowest BCUT2D eigenvalue weighted by Gasteiger charge is -2.00. The third-order valence-corrected chi connectivity index (χ3v) is 2.86. The molecule has 0 saturated carbocycles. The summed E-state index contributed by atoms with van der Waals surface area (Å²) in [5, 5.41) is 1.25. The average Bonchev–Trinajstić information content (AvgIpc) is 2.56. The normalized spacial score (nSPS) is 13.4. The van der Waals surface area contributed by atoms with E-state index in [1.165, 1.54) is 10.9 Å². The minimum atomic E-state index is 0.282. The molecule has 2 aromatic rings. The fourth-order valence-electron chi connectivity index (χ4n) is 1.80. The van der Waals surface area contributed by atoms with Crippen LogP contribution in [0.25, 0.3) is 11.0 Å². The van der Waals surface area contributed by atoms with Crippen LogP contribution in [0.2, 0.25) is 0 Å². The van der Waals surface area contributed by atoms with Gasteiger partial charge in [-0.1, -0.05) is 41.1 Å². The van der Waals surface area contributed by atoms with Crippen molar-refractivity contribution < 1.29 is 4.42 Å². The van der Waals surface area contributed by atoms with Gasteiger partial charge in [0.05, 0.1) is 4.83 Å². The molecule has 1 heterocycles. The van der Waals surface area contributed by atoms with E-state index < -0.39 is 0 Å². The SMILES string of the molecule is CCc1c(C(C)Br)oc2ccccc12. The largest absolute Gasteiger partial charge is 0.460 e. The summed E-state index contributed by atoms with van der Waals surface area (Å²) in [5.74, 6) is 1.06. The second kappa shape index (κ2) is 3.77. The van der Waals surface area contributed by atoms with E-state index in [-0.39, 0.29) is 4.83 Å². The maximum absolute atomic E-state index is 5.80. The highest BCUT2D eigenvalue weighted by Gasteiger charge is 2.15. The van der Waals surface area contributed by atoms with E-state index in [0.29, 0.717) is 0 Å². The summed E-state index contributed by atoms with van der Waals surface area (Å²) in [4.78, 5) is 0.282. The second-order valence-electron chi connectivity index (χ2n) is 3.41. The summed E-state index contributed by atoms with van der Waals surface area (Å²) < 4.78 is 5.80. The maximum atomic E-state index is 5.80. The first-order valence-electron chi connectivity index (χ1n) is 4.88. The number of para-hydroxylation sites is 1. The molecule has 74 valence electrons. The summed E-state index contributed by atoms with van der Waals surface area (Å²) in [6, 6.07) is 8.21. The van der Waals surface area contributed by atoms with Crippen LogP contribution >= 0.6 is 15.9 Å². The summed E-state index contributed by atoms with van der Waals surface area (Å²) in [6.07, 6.45) is 1.02. The highest BCUT2D eigenvalue weighted by molar-refractivity contribution is 9.09. The van der Waals surface area contributed by atoms with Crippen LogP contribution in [0, 0.1) is 0 Å². The van der Waals surface area contributed by atoms with Gasteiger partial charge in [-0.15, -0.1) is 0 Å². The third-order valence-electron chi connectivity index (χ3n) is 2.44. The van der Waals surface area contributed by atoms with Gasteiger partial charge in [-0.25, -0.2) is 0 Å². The quantitative estimate of drug-likeness (QED) is 0.720. The van der Waals surface area contributed by atoms with E-state index in [1.54, 1.807) is 0 Å². The average molecular weight is 253 g/mol. The molecule has 1 unspecified atom stereocenters. The molecule has 2 rings (SSSR count). The zero-order valence-electron chi connectivity index (χ0n) is 8.38. The van der Waals surface area contributed by atoms with Gasteiger partial charge in [0.1, 0.15) is 11.3 Å². The Kier molecular flexibility index (Phi) is 2.64. The Morgan fingerprint density at radius 2 is 2.07 bits per heavy atom. The van der Waals surface area contributed by atoms with Crippen molar-refractivity contribution in [3.8, 4) is 0 Å². The number of halogens is 1. The molecule has 0 spiro atoms. The van der Waals surface area contributed by atoms with Crippen molar-refractivity contribution >= 4 is 26.9 Å². The monoisotopic (exact) mass is 252 g/mol. The molecule has 1 aromatic heterocycles. The van der Waals surface area contributed by atoms with Crippen molar-refractivity contribution in [3.05, 3.63) is 35.6 Å². The number of benzene rings is 1. The predicted octanol–water partition coefficient (Wildman–Crippen LogP) is 4.45. The van der Waals surface area contributed by atoms with Crippen LogP contribution in [0.1, 0.15) is 30.0 Å². The van der Waals surface area contributed by atoms with Crippen molar-refractivity contribution in [2.24, 2.45) is 0 Å². The van der Waals surface area contributed by atoms with E-state index in [9.17, 15) is 0 Å². The van der Waals surface area contributed by atoms with Crippen molar-refractivity contribution in [2.45, 2.75) is 25.1 Å². The van der Waals surface area contributed by atoms with E-state index in [2.05, 4.69) is 41.9 Å². The van der Waals surface area contributed by atoms with Crippen LogP contribution in [0.15, 0.2) is 28.7 Å². The lowest BCUT2D eigenvalue weighted by Crippen LogP contribution is -1.86. The first-order chi connectivity index (χ1) is 6.74. The predicted molar refractivity (Wildman–Crippen MR) is 62.9 cm³/mol. The Morgan fingerprint density at radius 3 is 2.71 bits per heavy atom. The third kappa shape index (κ3) is 1.48. The molecular formula is C12H13BrO. The lowest BCUT2D eigenvalue weighted by molar-refractivity contribution is 0.549. The number of fused-ring (bicyclic) bond motifs is 1. The molecule has 0 aliphatic heterocycles. The van der Waals surface area contributed by atoms with Crippen LogP contribution in [0.3, 0.4) is 0 Å². The molecule has 1 atom stereocenters. The Hall–Kier alpha value is -0.760. The molecular weight excluding hydrogens is 240 g/mol. The van der Waals surface area contributed by atoms with Crippen molar-refractivity contribution in [1.29, 1.82) is 0 Å². The smallest absolute Gasteiger partial charge is 0.134 e. The van der Waals surface area contributed by atoms with Gasteiger partial charge in [0, 0.05) is 10.9 Å². The van der Waals surface area contributed by atoms with Gasteiger partial charge in [-0.05, 0) is 19.4 Å². The van der Waals surface area contributed by atoms with Gasteiger partial charge in [-0.3, -0.25) is 0 Å². The van der Waals surface area contributed by atoms with E-state index in [4.69, 9.17) is 4.42 Å². The summed E-state index contributed by atoms with van der Waals surface area (Å²) in [6.45, 7) is 4.26. The number of hydrogen-bond acceptors (Lipinski definition) is 1. The topological polar surface area (TPSA) is 13.1 Å². The van der Waals surface area contributed by atoms with Crippen LogP contribution in [-0.2, 0) is 6.42 Å². The van der Waals surface area contributed by atoms with Crippen molar-refractivity contribution in [1.82, 2.24) is 0 Å². The number of furan rings is 1. The van der Waals surface area contributed by atoms with E-state index in [0.717, 1.165) is 17.8 Å². The minimum Gasteiger partial charge on any atom is -0.460 e. The lowest BCUT2D eigenvalue weighted by atomic mass is 10.1. The Balaban J connectivity index is 2.72. The Bertz CT molecular complexity index is 443. The van der Waals surface area contributed by atoms with Gasteiger partial charge < -0.3 is 4.42 Å². The zero-order chi connectivity index (χ0) is 10.1. The van der Waals surface area contributed by atoms with Gasteiger partial charge in [0.15, 0.2) is 0 Å². The fraction of sp³-hybridized carbons (Fsp3) is 0.333. The molecule has 1 aromatic carbocycles. The van der Waals surface area contributed by atoms with Gasteiger partial charge in [0.2, 0.25) is 0 Å². The molecule has 14 heavy (non-hydrogen) atoms. The van der Waals surface area contributed by atoms with E-state index in [1.807, 2.05) is 12.1 Å². The van der Waals surface area contributed by atoms with Crippen molar-refractivity contribution in [2.75, 3.05) is 0 Å². The molecule has 0 amide bonds. The molecule has 0 bridgehead atoms. The molecule has 1 nitrogen and oxygen atoms in total. The van der Waals surface area contributed by atoms with Gasteiger partial charge in [-0.2, -0.15) is 0 Å². The molecule has 2 heteroatoms. The fourth-order valence-corrected chi connectivity index (χ4v) is 2.17. The first-order valence-corrected chi connectivity index (χ1v) is 5.80. The molecule has 0 fully saturated rings. The van der Waals surface area contributed by atoms with Crippen LogP contribution < -0.4 is 0 Å². The molecule has 0 radical (unpaired) electrons. The summed E-state index contributed by atoms with van der Waals surface area (Å²) in [7, 11) is 0. The first kappa shape index (κ1) is 9.78. The number of alkyl halides is 1. The number of rotatable bonds is 2. The highest BCUT2D eigenvalue weighted by Crippen LogP contribution is 2.33. The molecule has 0 saturated heterocycles. The van der Waals surface area contributed by atoms with Crippen LogP contribution in [-0.4, -0.2) is 0 Å². The van der Waals surface area contributed by atoms with Crippen LogP contribution in [0.4, 0.5) is 0 Å². The molecule has 0 aliphatic rings. The Morgan fingerprint density at radius 1 is 1.36 bits per heavy atom. The minimum absolute atomic E-state index is 0.282. The molecule has 0 N–H and O–H groups in total. The second-order valence-corrected chi connectivity index (χ2v) is 4.78. The molecule has 0 aliphatic carbocycles. The summed E-state index contributed by atoms with van der Waals surface area (Å²) >= 11 is 3.56. The summed E-state index contributed by atoms with van der Waals surface area (Å²) in [5.41, 5.74) is 2.32. The zero-order valence-corrected chi connectivity index (χ0v) is 9.97. The number of aryl methyl sites for hydroxylation is 1. The Labute approximate surface area is 92.2 Å². The standard InChI is InChI=1S/C12H13BrO/c1-3-9-10-6-4-5-7-11(10)14-12(9)8(2)13/h4-8H,3H2,1-2H3. The maximum Gasteiger partial charge on any atom is 0.134 e. The van der Waals surface area contributed by atoms with Gasteiger partial charge in [0.25, 0.3) is 0 Å².